The number of rotatable bonds is 4. The lowest BCUT2D eigenvalue weighted by atomic mass is 9.94. The van der Waals surface area contributed by atoms with Gasteiger partial charge in [-0.25, -0.2) is 0 Å². The van der Waals surface area contributed by atoms with Crippen molar-refractivity contribution in [3.8, 4) is 0 Å². The maximum absolute atomic E-state index is 12.5. The molecule has 2 unspecified atom stereocenters. The van der Waals surface area contributed by atoms with Crippen LogP contribution in [0.2, 0.25) is 0 Å². The average molecular weight is 231 g/mol. The molecule has 16 heavy (non-hydrogen) atoms. The predicted octanol–water partition coefficient (Wildman–Crippen LogP) is 3.33. The molecule has 0 amide bonds. The lowest BCUT2D eigenvalue weighted by Crippen LogP contribution is -2.40. The van der Waals surface area contributed by atoms with Gasteiger partial charge in [0.25, 0.3) is 0 Å². The summed E-state index contributed by atoms with van der Waals surface area (Å²) < 4.78 is 37.6. The van der Waals surface area contributed by atoms with Crippen molar-refractivity contribution in [3.05, 3.63) is 35.9 Å². The van der Waals surface area contributed by atoms with Crippen molar-refractivity contribution in [2.24, 2.45) is 0 Å². The topological polar surface area (TPSA) is 12.0 Å². The number of benzene rings is 1. The molecular weight excluding hydrogens is 215 g/mol. The number of halogens is 3. The van der Waals surface area contributed by atoms with E-state index < -0.39 is 12.2 Å². The zero-order valence-electron chi connectivity index (χ0n) is 9.38. The second-order valence-electron chi connectivity index (χ2n) is 3.93. The molecule has 0 bridgehead atoms. The average Bonchev–Trinajstić information content (AvgIpc) is 2.25. The van der Waals surface area contributed by atoms with Gasteiger partial charge in [-0.15, -0.1) is 0 Å². The third kappa shape index (κ3) is 3.52. The number of nitrogens with one attached hydrogen (secondary N) is 1. The lowest BCUT2D eigenvalue weighted by Gasteiger charge is -2.23. The third-order valence-electron chi connectivity index (χ3n) is 2.70. The maximum atomic E-state index is 12.5. The zero-order chi connectivity index (χ0) is 12.2. The van der Waals surface area contributed by atoms with Gasteiger partial charge in [0.05, 0.1) is 0 Å². The molecule has 0 aliphatic rings. The third-order valence-corrected chi connectivity index (χ3v) is 2.70. The van der Waals surface area contributed by atoms with E-state index in [0.717, 1.165) is 5.56 Å². The summed E-state index contributed by atoms with van der Waals surface area (Å²) in [6.07, 6.45) is -4.12. The molecule has 1 N–H and O–H groups in total. The molecule has 0 aliphatic carbocycles. The molecule has 0 saturated heterocycles. The quantitative estimate of drug-likeness (QED) is 0.838. The lowest BCUT2D eigenvalue weighted by molar-refractivity contribution is -0.156. The van der Waals surface area contributed by atoms with Crippen molar-refractivity contribution in [2.75, 3.05) is 7.05 Å². The van der Waals surface area contributed by atoms with Crippen molar-refractivity contribution in [3.63, 3.8) is 0 Å². The minimum Gasteiger partial charge on any atom is -0.309 e. The van der Waals surface area contributed by atoms with Gasteiger partial charge in [0.2, 0.25) is 0 Å². The first-order valence-corrected chi connectivity index (χ1v) is 5.24. The summed E-state index contributed by atoms with van der Waals surface area (Å²) in [4.78, 5) is 0. The first-order chi connectivity index (χ1) is 7.45. The van der Waals surface area contributed by atoms with Crippen molar-refractivity contribution in [2.45, 2.75) is 31.5 Å². The second-order valence-corrected chi connectivity index (χ2v) is 3.93. The van der Waals surface area contributed by atoms with Crippen molar-refractivity contribution >= 4 is 0 Å². The highest BCUT2D eigenvalue weighted by Crippen LogP contribution is 2.28. The first kappa shape index (κ1) is 13.0. The van der Waals surface area contributed by atoms with E-state index in [9.17, 15) is 13.2 Å². The summed E-state index contributed by atoms with van der Waals surface area (Å²) in [6, 6.07) is 7.81. The zero-order valence-corrected chi connectivity index (χ0v) is 9.38. The van der Waals surface area contributed by atoms with Crippen LogP contribution < -0.4 is 5.32 Å². The van der Waals surface area contributed by atoms with Crippen molar-refractivity contribution in [1.82, 2.24) is 5.32 Å². The van der Waals surface area contributed by atoms with E-state index in [0.29, 0.717) is 0 Å². The van der Waals surface area contributed by atoms with E-state index in [4.69, 9.17) is 0 Å². The van der Waals surface area contributed by atoms with Crippen LogP contribution in [0, 0.1) is 0 Å². The van der Waals surface area contributed by atoms with Crippen LogP contribution in [0.5, 0.6) is 0 Å². The van der Waals surface area contributed by atoms with Gasteiger partial charge in [-0.1, -0.05) is 37.3 Å². The Morgan fingerprint density at radius 1 is 1.19 bits per heavy atom. The fourth-order valence-electron chi connectivity index (χ4n) is 1.69. The van der Waals surface area contributed by atoms with Gasteiger partial charge in [0.15, 0.2) is 0 Å². The van der Waals surface area contributed by atoms with Crippen LogP contribution in [0.4, 0.5) is 13.2 Å². The number of hydrogen-bond donors (Lipinski definition) is 1. The molecule has 0 fully saturated rings. The largest absolute Gasteiger partial charge is 0.403 e. The first-order valence-electron chi connectivity index (χ1n) is 5.24. The molecule has 0 aliphatic heterocycles. The fourth-order valence-corrected chi connectivity index (χ4v) is 1.69. The molecule has 4 heteroatoms. The Kier molecular flexibility index (Phi) is 4.35. The molecule has 1 aromatic carbocycles. The standard InChI is InChI=1S/C12H16F3N/c1-9(10-6-4-3-5-7-10)8-11(16-2)12(13,14)15/h3-7,9,11,16H,8H2,1-2H3. The van der Waals surface area contributed by atoms with E-state index in [1.165, 1.54) is 7.05 Å². The number of hydrogen-bond acceptors (Lipinski definition) is 1. The Morgan fingerprint density at radius 2 is 1.75 bits per heavy atom. The van der Waals surface area contributed by atoms with Crippen LogP contribution in [-0.2, 0) is 0 Å². The van der Waals surface area contributed by atoms with Gasteiger partial charge in [-0.3, -0.25) is 0 Å². The molecule has 0 radical (unpaired) electrons. The smallest absolute Gasteiger partial charge is 0.309 e. The van der Waals surface area contributed by atoms with E-state index in [2.05, 4.69) is 5.32 Å². The van der Waals surface area contributed by atoms with E-state index in [1.807, 2.05) is 37.3 Å². The molecule has 0 saturated carbocycles. The monoisotopic (exact) mass is 231 g/mol. The summed E-state index contributed by atoms with van der Waals surface area (Å²) in [6.45, 7) is 1.81. The van der Waals surface area contributed by atoms with Crippen LogP contribution >= 0.6 is 0 Å². The molecule has 0 aromatic heterocycles. The van der Waals surface area contributed by atoms with Crippen LogP contribution in [-0.4, -0.2) is 19.3 Å². The summed E-state index contributed by atoms with van der Waals surface area (Å²) in [5.41, 5.74) is 0.937. The number of alkyl halides is 3. The molecule has 1 aromatic rings. The molecule has 90 valence electrons. The summed E-state index contributed by atoms with van der Waals surface area (Å²) >= 11 is 0. The SMILES string of the molecule is CNC(CC(C)c1ccccc1)C(F)(F)F. The predicted molar refractivity (Wildman–Crippen MR) is 58.4 cm³/mol. The fraction of sp³-hybridized carbons (Fsp3) is 0.500. The second kappa shape index (κ2) is 5.34. The minimum absolute atomic E-state index is 0.0595. The minimum atomic E-state index is -4.18. The Balaban J connectivity index is 2.67. The Hall–Kier alpha value is -1.03. The molecule has 0 heterocycles. The van der Waals surface area contributed by atoms with Crippen LogP contribution in [0.25, 0.3) is 0 Å². The van der Waals surface area contributed by atoms with Crippen molar-refractivity contribution in [1.29, 1.82) is 0 Å². The molecule has 2 atom stereocenters. The Labute approximate surface area is 93.7 Å². The van der Waals surface area contributed by atoms with E-state index in [1.54, 1.807) is 0 Å². The summed E-state index contributed by atoms with van der Waals surface area (Å²) in [7, 11) is 1.34. The molecule has 0 spiro atoms. The summed E-state index contributed by atoms with van der Waals surface area (Å²) in [5.74, 6) is -0.111. The van der Waals surface area contributed by atoms with Gasteiger partial charge in [0, 0.05) is 0 Å². The van der Waals surface area contributed by atoms with Gasteiger partial charge in [-0.05, 0) is 24.9 Å². The van der Waals surface area contributed by atoms with Crippen LogP contribution in [0.3, 0.4) is 0 Å². The van der Waals surface area contributed by atoms with Crippen LogP contribution in [0.1, 0.15) is 24.8 Å². The molecular formula is C12H16F3N. The Bertz CT molecular complexity index is 308. The molecule has 1 nitrogen and oxygen atoms in total. The van der Waals surface area contributed by atoms with Crippen LogP contribution in [0.15, 0.2) is 30.3 Å². The highest BCUT2D eigenvalue weighted by Gasteiger charge is 2.39. The van der Waals surface area contributed by atoms with Gasteiger partial charge < -0.3 is 5.32 Å². The van der Waals surface area contributed by atoms with Crippen molar-refractivity contribution < 1.29 is 13.2 Å². The van der Waals surface area contributed by atoms with E-state index in [-0.39, 0.29) is 12.3 Å². The Morgan fingerprint density at radius 3 is 2.19 bits per heavy atom. The van der Waals surface area contributed by atoms with Gasteiger partial charge >= 0.3 is 6.18 Å². The van der Waals surface area contributed by atoms with Gasteiger partial charge in [-0.2, -0.15) is 13.2 Å². The van der Waals surface area contributed by atoms with E-state index >= 15 is 0 Å². The normalized spacial score (nSPS) is 15.8. The highest BCUT2D eigenvalue weighted by atomic mass is 19.4. The molecule has 1 rings (SSSR count). The highest BCUT2D eigenvalue weighted by molar-refractivity contribution is 5.19. The maximum Gasteiger partial charge on any atom is 0.403 e. The summed E-state index contributed by atoms with van der Waals surface area (Å²) in [5, 5.41) is 2.32. The van der Waals surface area contributed by atoms with Gasteiger partial charge in [0.1, 0.15) is 6.04 Å².